The van der Waals surface area contributed by atoms with Crippen LogP contribution in [0.25, 0.3) is 0 Å². The summed E-state index contributed by atoms with van der Waals surface area (Å²) in [6.45, 7) is 2.73. The van der Waals surface area contributed by atoms with Gasteiger partial charge in [0.25, 0.3) is 0 Å². The van der Waals surface area contributed by atoms with Crippen molar-refractivity contribution in [2.24, 2.45) is 0 Å². The Hall–Kier alpha value is -1.53. The normalized spacial score (nSPS) is 25.7. The number of ether oxygens (including phenoxy) is 4. The van der Waals surface area contributed by atoms with E-state index in [1.54, 1.807) is 6.08 Å². The van der Waals surface area contributed by atoms with E-state index in [0.717, 1.165) is 38.5 Å². The van der Waals surface area contributed by atoms with Crippen molar-refractivity contribution in [1.82, 2.24) is 5.32 Å². The third-order valence-electron chi connectivity index (χ3n) is 14.6. The minimum Gasteiger partial charge on any atom is -0.394 e. The van der Waals surface area contributed by atoms with Gasteiger partial charge in [0.2, 0.25) is 5.91 Å². The van der Waals surface area contributed by atoms with Crippen LogP contribution in [0.2, 0.25) is 0 Å². The molecular weight excluding hydrogens is 919 g/mol. The summed E-state index contributed by atoms with van der Waals surface area (Å²) in [4.78, 5) is 13.1. The molecule has 2 fully saturated rings. The Balaban J connectivity index is 1.64. The molecule has 12 unspecified atom stereocenters. The highest BCUT2D eigenvalue weighted by Gasteiger charge is 2.51. The molecule has 0 spiro atoms. The molecule has 2 aliphatic rings. The molecule has 14 nitrogen and oxygen atoms in total. The van der Waals surface area contributed by atoms with Gasteiger partial charge in [-0.2, -0.15) is 0 Å². The molecule has 0 aliphatic carbocycles. The lowest BCUT2D eigenvalue weighted by Gasteiger charge is -2.46. The summed E-state index contributed by atoms with van der Waals surface area (Å²) in [5.74, 6) is -0.255. The predicted molar refractivity (Wildman–Crippen MR) is 286 cm³/mol. The van der Waals surface area contributed by atoms with Crippen molar-refractivity contribution >= 4 is 5.91 Å². The molecule has 0 aromatic heterocycles. The fraction of sp³-hybridized carbons (Fsp3) is 0.914. The number of aliphatic hydroxyl groups is 8. The smallest absolute Gasteiger partial charge is 0.220 e. The highest BCUT2D eigenvalue weighted by Crippen LogP contribution is 2.30. The number of allylic oxidation sites excluding steroid dienone is 3. The van der Waals surface area contributed by atoms with Gasteiger partial charge in [0.05, 0.1) is 32.0 Å². The zero-order chi connectivity index (χ0) is 52.4. The second kappa shape index (κ2) is 44.6. The molecule has 12 atom stereocenters. The zero-order valence-electron chi connectivity index (χ0n) is 45.4. The highest BCUT2D eigenvalue weighted by atomic mass is 16.7. The Kier molecular flexibility index (Phi) is 41.2. The summed E-state index contributed by atoms with van der Waals surface area (Å²) >= 11 is 0. The fourth-order valence-corrected chi connectivity index (χ4v) is 9.84. The van der Waals surface area contributed by atoms with Crippen LogP contribution in [0.4, 0.5) is 0 Å². The van der Waals surface area contributed by atoms with E-state index >= 15 is 0 Å². The van der Waals surface area contributed by atoms with Crippen LogP contribution in [0.15, 0.2) is 24.3 Å². The average Bonchev–Trinajstić information content (AvgIpc) is 3.38. The molecule has 2 aliphatic heterocycles. The van der Waals surface area contributed by atoms with Crippen LogP contribution in [0.5, 0.6) is 0 Å². The van der Waals surface area contributed by atoms with E-state index < -0.39 is 86.8 Å². The first-order valence-electron chi connectivity index (χ1n) is 29.6. The van der Waals surface area contributed by atoms with Crippen LogP contribution >= 0.6 is 0 Å². The van der Waals surface area contributed by atoms with Crippen LogP contribution < -0.4 is 5.32 Å². The molecule has 0 saturated carbocycles. The van der Waals surface area contributed by atoms with Crippen molar-refractivity contribution in [1.29, 1.82) is 0 Å². The number of aliphatic hydroxyl groups excluding tert-OH is 8. The molecule has 9 N–H and O–H groups in total. The number of nitrogens with one attached hydrogen (secondary N) is 1. The van der Waals surface area contributed by atoms with Gasteiger partial charge < -0.3 is 65.1 Å². The summed E-state index contributed by atoms with van der Waals surface area (Å²) in [7, 11) is 0. The highest BCUT2D eigenvalue weighted by molar-refractivity contribution is 5.76. The van der Waals surface area contributed by atoms with Crippen molar-refractivity contribution < 1.29 is 64.6 Å². The van der Waals surface area contributed by atoms with Gasteiger partial charge in [0.15, 0.2) is 12.6 Å². The van der Waals surface area contributed by atoms with Gasteiger partial charge in [0.1, 0.15) is 48.8 Å². The van der Waals surface area contributed by atoms with Gasteiger partial charge >= 0.3 is 0 Å². The molecule has 0 aromatic rings. The van der Waals surface area contributed by atoms with Gasteiger partial charge in [0, 0.05) is 6.42 Å². The topological polar surface area (TPSA) is 228 Å². The Bertz CT molecular complexity index is 1300. The van der Waals surface area contributed by atoms with Gasteiger partial charge in [-0.25, -0.2) is 0 Å². The quantitative estimate of drug-likeness (QED) is 0.0205. The number of carbonyl (C=O) groups excluding carboxylic acids is 1. The molecule has 2 rings (SSSR count). The Morgan fingerprint density at radius 1 is 0.486 bits per heavy atom. The first kappa shape index (κ1) is 66.6. The molecule has 0 aromatic carbocycles. The van der Waals surface area contributed by atoms with Gasteiger partial charge in [-0.15, -0.1) is 0 Å². The van der Waals surface area contributed by atoms with Crippen LogP contribution in [0.3, 0.4) is 0 Å². The van der Waals surface area contributed by atoms with Crippen LogP contribution in [0.1, 0.15) is 245 Å². The maximum atomic E-state index is 13.1. The van der Waals surface area contributed by atoms with E-state index in [4.69, 9.17) is 18.9 Å². The zero-order valence-corrected chi connectivity index (χ0v) is 45.4. The number of amides is 1. The lowest BCUT2D eigenvalue weighted by molar-refractivity contribution is -0.359. The first-order valence-corrected chi connectivity index (χ1v) is 29.6. The lowest BCUT2D eigenvalue weighted by Crippen LogP contribution is -2.65. The summed E-state index contributed by atoms with van der Waals surface area (Å²) < 4.78 is 22.6. The Morgan fingerprint density at radius 3 is 1.36 bits per heavy atom. The average molecular weight is 1030 g/mol. The number of rotatable bonds is 47. The van der Waals surface area contributed by atoms with E-state index in [9.17, 15) is 45.6 Å². The minimum atomic E-state index is -1.79. The van der Waals surface area contributed by atoms with Gasteiger partial charge in [-0.3, -0.25) is 4.79 Å². The fourth-order valence-electron chi connectivity index (χ4n) is 9.84. The van der Waals surface area contributed by atoms with Crippen molar-refractivity contribution in [2.75, 3.05) is 19.8 Å². The molecule has 2 saturated heterocycles. The summed E-state index contributed by atoms with van der Waals surface area (Å²) in [6.07, 6.45) is 35.8. The third kappa shape index (κ3) is 30.3. The van der Waals surface area contributed by atoms with E-state index in [0.29, 0.717) is 12.8 Å². The molecule has 1 amide bonds. The third-order valence-corrected chi connectivity index (χ3v) is 14.6. The number of hydrogen-bond acceptors (Lipinski definition) is 13. The summed E-state index contributed by atoms with van der Waals surface area (Å²) in [5, 5.41) is 86.6. The Labute approximate surface area is 437 Å². The maximum absolute atomic E-state index is 13.1. The van der Waals surface area contributed by atoms with E-state index in [-0.39, 0.29) is 18.9 Å². The van der Waals surface area contributed by atoms with Crippen molar-refractivity contribution in [3.05, 3.63) is 24.3 Å². The van der Waals surface area contributed by atoms with E-state index in [2.05, 4.69) is 31.3 Å². The predicted octanol–water partition coefficient (Wildman–Crippen LogP) is 9.67. The standard InChI is InChI=1S/C58H109NO13/c1-3-5-7-9-11-12-13-14-15-16-17-18-19-20-21-22-23-24-25-26-27-28-29-30-31-32-33-34-36-37-39-41-47(62)46(59-50(63)42-40-38-35-10-8-6-4-2)45-69-57-55(68)53(66)56(49(44-61)71-57)72-58-54(67)52(65)51(64)48(43-60)70-58/h33-34,39,41,46-49,51-58,60-62,64-68H,3-32,35-38,40,42-45H2,1-2H3,(H,59,63)/b34-33+,41-39+. The van der Waals surface area contributed by atoms with Crippen LogP contribution in [-0.4, -0.2) is 140 Å². The molecule has 2 heterocycles. The largest absolute Gasteiger partial charge is 0.394 e. The number of unbranched alkanes of at least 4 members (excludes halogenated alkanes) is 32. The summed E-state index contributed by atoms with van der Waals surface area (Å²) in [5.41, 5.74) is 0. The number of hydrogen-bond donors (Lipinski definition) is 9. The SMILES string of the molecule is CCCCCCCCCCCCCCCCCCCCCCCCCCC/C=C/CC/C=C/C(O)C(COC1OC(CO)C(OC2OC(CO)C(O)C(O)C2O)C(O)C1O)NC(=O)CCCCCCCCC. The van der Waals surface area contributed by atoms with Gasteiger partial charge in [-0.05, 0) is 32.1 Å². The summed E-state index contributed by atoms with van der Waals surface area (Å²) in [6, 6.07) is -0.925. The van der Waals surface area contributed by atoms with Crippen LogP contribution in [-0.2, 0) is 23.7 Å². The first-order chi connectivity index (χ1) is 35.1. The van der Waals surface area contributed by atoms with E-state index in [1.807, 2.05) is 6.08 Å². The molecule has 0 radical (unpaired) electrons. The second-order valence-electron chi connectivity index (χ2n) is 21.1. The molecule has 0 bridgehead atoms. The Morgan fingerprint density at radius 2 is 0.889 bits per heavy atom. The second-order valence-corrected chi connectivity index (χ2v) is 21.1. The van der Waals surface area contributed by atoms with Gasteiger partial charge in [-0.1, -0.05) is 231 Å². The van der Waals surface area contributed by atoms with Crippen molar-refractivity contribution in [2.45, 2.75) is 319 Å². The lowest BCUT2D eigenvalue weighted by atomic mass is 9.97. The molecular formula is C58H109NO13. The molecule has 424 valence electrons. The van der Waals surface area contributed by atoms with Crippen molar-refractivity contribution in [3.8, 4) is 0 Å². The number of carbonyl (C=O) groups is 1. The van der Waals surface area contributed by atoms with Crippen LogP contribution in [0, 0.1) is 0 Å². The van der Waals surface area contributed by atoms with E-state index in [1.165, 1.54) is 173 Å². The molecule has 72 heavy (non-hydrogen) atoms. The maximum Gasteiger partial charge on any atom is 0.220 e. The minimum absolute atomic E-state index is 0.255. The monoisotopic (exact) mass is 1030 g/mol. The van der Waals surface area contributed by atoms with Crippen molar-refractivity contribution in [3.63, 3.8) is 0 Å². The molecule has 14 heteroatoms.